The van der Waals surface area contributed by atoms with Gasteiger partial charge in [0.1, 0.15) is 11.9 Å². The molecule has 4 rings (SSSR count). The molecular formula is C22H21ClN4O2. The van der Waals surface area contributed by atoms with Gasteiger partial charge in [0, 0.05) is 21.8 Å². The lowest BCUT2D eigenvalue weighted by molar-refractivity contribution is -0.125. The number of hydrogen-bond acceptors (Lipinski definition) is 3. The number of amides is 2. The number of carbonyl (C=O) groups is 2. The zero-order valence-corrected chi connectivity index (χ0v) is 17.2. The summed E-state index contributed by atoms with van der Waals surface area (Å²) in [4.78, 5) is 25.3. The lowest BCUT2D eigenvalue weighted by atomic mass is 10.1. The van der Waals surface area contributed by atoms with Crippen LogP contribution in [0.25, 0.3) is 11.3 Å². The molecule has 1 aromatic heterocycles. The number of rotatable bonds is 3. The zero-order valence-electron chi connectivity index (χ0n) is 16.4. The van der Waals surface area contributed by atoms with Crippen LogP contribution in [-0.2, 0) is 9.59 Å². The largest absolute Gasteiger partial charge is 0.324 e. The van der Waals surface area contributed by atoms with Gasteiger partial charge in [0.2, 0.25) is 11.8 Å². The van der Waals surface area contributed by atoms with Crippen LogP contribution >= 0.6 is 11.6 Å². The Balaban J connectivity index is 1.70. The standard InChI is InChI=1S/C22H21ClN4O2/c1-12-4-9-17(13(2)10-12)24-22(29)18-11-19(28)25-21-14(3)20(26-27(18)21)15-5-7-16(23)8-6-15/h4-10,18H,11H2,1-3H3,(H,24,29)(H,25,28). The average Bonchev–Trinajstić information content (AvgIpc) is 3.00. The maximum Gasteiger partial charge on any atom is 0.249 e. The normalized spacial score (nSPS) is 15.6. The minimum Gasteiger partial charge on any atom is -0.324 e. The molecule has 7 heteroatoms. The van der Waals surface area contributed by atoms with Gasteiger partial charge < -0.3 is 10.6 Å². The molecule has 0 spiro atoms. The number of nitrogens with one attached hydrogen (secondary N) is 2. The summed E-state index contributed by atoms with van der Waals surface area (Å²) in [6, 6.07) is 12.4. The molecule has 0 saturated carbocycles. The van der Waals surface area contributed by atoms with Gasteiger partial charge in [-0.1, -0.05) is 41.4 Å². The molecule has 1 aliphatic heterocycles. The van der Waals surface area contributed by atoms with Crippen molar-refractivity contribution >= 4 is 34.9 Å². The Bertz CT molecular complexity index is 1120. The molecule has 0 saturated heterocycles. The Kier molecular flexibility index (Phi) is 4.88. The smallest absolute Gasteiger partial charge is 0.249 e. The van der Waals surface area contributed by atoms with E-state index in [1.165, 1.54) is 0 Å². The molecule has 2 N–H and O–H groups in total. The van der Waals surface area contributed by atoms with Gasteiger partial charge >= 0.3 is 0 Å². The van der Waals surface area contributed by atoms with E-state index in [2.05, 4.69) is 15.7 Å². The van der Waals surface area contributed by atoms with E-state index >= 15 is 0 Å². The summed E-state index contributed by atoms with van der Waals surface area (Å²) in [6.45, 7) is 5.83. The van der Waals surface area contributed by atoms with Gasteiger partial charge in [0.15, 0.2) is 0 Å². The molecule has 2 heterocycles. The van der Waals surface area contributed by atoms with E-state index in [-0.39, 0.29) is 18.2 Å². The first-order chi connectivity index (χ1) is 13.8. The molecule has 6 nitrogen and oxygen atoms in total. The second-order valence-corrected chi connectivity index (χ2v) is 7.79. The minimum atomic E-state index is -0.723. The van der Waals surface area contributed by atoms with Gasteiger partial charge in [0.25, 0.3) is 0 Å². The van der Waals surface area contributed by atoms with Gasteiger partial charge in [-0.2, -0.15) is 5.10 Å². The van der Waals surface area contributed by atoms with Crippen LogP contribution in [0, 0.1) is 20.8 Å². The molecule has 2 amide bonds. The SMILES string of the molecule is Cc1ccc(NC(=O)C2CC(=O)Nc3c(C)c(-c4ccc(Cl)cc4)nn32)c(C)c1. The third kappa shape index (κ3) is 3.63. The topological polar surface area (TPSA) is 76.0 Å². The summed E-state index contributed by atoms with van der Waals surface area (Å²) in [6.07, 6.45) is 0.0327. The first-order valence-corrected chi connectivity index (χ1v) is 9.74. The Morgan fingerprint density at radius 2 is 1.90 bits per heavy atom. The van der Waals surface area contributed by atoms with Crippen molar-refractivity contribution in [3.8, 4) is 11.3 Å². The van der Waals surface area contributed by atoms with Crippen molar-refractivity contribution in [3.63, 3.8) is 0 Å². The van der Waals surface area contributed by atoms with Crippen molar-refractivity contribution in [2.45, 2.75) is 33.2 Å². The number of fused-ring (bicyclic) bond motifs is 1. The number of anilines is 2. The van der Waals surface area contributed by atoms with Crippen LogP contribution in [0.5, 0.6) is 0 Å². The van der Waals surface area contributed by atoms with Crippen molar-refractivity contribution in [2.75, 3.05) is 10.6 Å². The minimum absolute atomic E-state index is 0.0327. The van der Waals surface area contributed by atoms with Gasteiger partial charge in [-0.15, -0.1) is 0 Å². The monoisotopic (exact) mass is 408 g/mol. The number of nitrogens with zero attached hydrogens (tertiary/aromatic N) is 2. The predicted molar refractivity (Wildman–Crippen MR) is 114 cm³/mol. The van der Waals surface area contributed by atoms with Crippen molar-refractivity contribution in [1.82, 2.24) is 9.78 Å². The summed E-state index contributed by atoms with van der Waals surface area (Å²) in [5, 5.41) is 11.1. The molecule has 1 unspecified atom stereocenters. The van der Waals surface area contributed by atoms with E-state index in [0.717, 1.165) is 27.9 Å². The summed E-state index contributed by atoms with van der Waals surface area (Å²) in [5.74, 6) is 0.0779. The summed E-state index contributed by atoms with van der Waals surface area (Å²) in [7, 11) is 0. The fourth-order valence-corrected chi connectivity index (χ4v) is 3.72. The third-order valence-corrected chi connectivity index (χ3v) is 5.39. The van der Waals surface area contributed by atoms with Crippen molar-refractivity contribution in [2.24, 2.45) is 0 Å². The fraction of sp³-hybridized carbons (Fsp3) is 0.227. The van der Waals surface area contributed by atoms with E-state index in [9.17, 15) is 9.59 Å². The van der Waals surface area contributed by atoms with E-state index < -0.39 is 6.04 Å². The molecule has 1 aliphatic rings. The molecule has 29 heavy (non-hydrogen) atoms. The van der Waals surface area contributed by atoms with E-state index in [0.29, 0.717) is 16.5 Å². The summed E-state index contributed by atoms with van der Waals surface area (Å²) < 4.78 is 1.61. The molecule has 2 aromatic carbocycles. The average molecular weight is 409 g/mol. The molecule has 0 radical (unpaired) electrons. The Hall–Kier alpha value is -3.12. The molecular weight excluding hydrogens is 388 g/mol. The highest BCUT2D eigenvalue weighted by Crippen LogP contribution is 2.35. The van der Waals surface area contributed by atoms with Gasteiger partial charge in [0.05, 0.1) is 12.1 Å². The summed E-state index contributed by atoms with van der Waals surface area (Å²) >= 11 is 5.99. The van der Waals surface area contributed by atoms with Gasteiger partial charge in [-0.25, -0.2) is 4.68 Å². The number of carbonyl (C=O) groups excluding carboxylic acids is 2. The van der Waals surface area contributed by atoms with Crippen LogP contribution in [0.4, 0.5) is 11.5 Å². The van der Waals surface area contributed by atoms with Crippen LogP contribution in [0.2, 0.25) is 5.02 Å². The molecule has 0 bridgehead atoms. The molecule has 3 aromatic rings. The molecule has 0 fully saturated rings. The van der Waals surface area contributed by atoms with Crippen LogP contribution in [0.3, 0.4) is 0 Å². The van der Waals surface area contributed by atoms with Crippen LogP contribution in [0.1, 0.15) is 29.2 Å². The maximum absolute atomic E-state index is 13.0. The van der Waals surface area contributed by atoms with Crippen LogP contribution in [-0.4, -0.2) is 21.6 Å². The lowest BCUT2D eigenvalue weighted by Crippen LogP contribution is -2.36. The van der Waals surface area contributed by atoms with E-state index in [1.54, 1.807) is 16.8 Å². The van der Waals surface area contributed by atoms with Crippen molar-refractivity contribution in [3.05, 3.63) is 64.2 Å². The lowest BCUT2D eigenvalue weighted by Gasteiger charge is -2.24. The number of halogens is 1. The molecule has 0 aliphatic carbocycles. The van der Waals surface area contributed by atoms with E-state index in [1.807, 2.05) is 51.1 Å². The third-order valence-electron chi connectivity index (χ3n) is 5.14. The van der Waals surface area contributed by atoms with Crippen LogP contribution in [0.15, 0.2) is 42.5 Å². The highest BCUT2D eigenvalue weighted by Gasteiger charge is 2.34. The van der Waals surface area contributed by atoms with Crippen LogP contribution < -0.4 is 10.6 Å². The van der Waals surface area contributed by atoms with E-state index in [4.69, 9.17) is 11.6 Å². The number of aryl methyl sites for hydroxylation is 2. The highest BCUT2D eigenvalue weighted by molar-refractivity contribution is 6.30. The van der Waals surface area contributed by atoms with Crippen molar-refractivity contribution in [1.29, 1.82) is 0 Å². The van der Waals surface area contributed by atoms with Gasteiger partial charge in [-0.3, -0.25) is 9.59 Å². The Morgan fingerprint density at radius 1 is 1.17 bits per heavy atom. The molecule has 1 atom stereocenters. The zero-order chi connectivity index (χ0) is 20.7. The second kappa shape index (κ2) is 7.37. The molecule has 148 valence electrons. The second-order valence-electron chi connectivity index (χ2n) is 7.35. The number of aromatic nitrogens is 2. The highest BCUT2D eigenvalue weighted by atomic mass is 35.5. The van der Waals surface area contributed by atoms with Crippen molar-refractivity contribution < 1.29 is 9.59 Å². The number of benzene rings is 2. The number of hydrogen-bond donors (Lipinski definition) is 2. The fourth-order valence-electron chi connectivity index (χ4n) is 3.59. The van der Waals surface area contributed by atoms with Gasteiger partial charge in [-0.05, 0) is 44.5 Å². The maximum atomic E-state index is 13.0. The summed E-state index contributed by atoms with van der Waals surface area (Å²) in [5.41, 5.74) is 5.21. The Morgan fingerprint density at radius 3 is 2.59 bits per heavy atom. The first-order valence-electron chi connectivity index (χ1n) is 9.36. The predicted octanol–water partition coefficient (Wildman–Crippen LogP) is 4.65. The first kappa shape index (κ1) is 19.2. The Labute approximate surface area is 173 Å². The quantitative estimate of drug-likeness (QED) is 0.662.